The summed E-state index contributed by atoms with van der Waals surface area (Å²) >= 11 is 0. The highest BCUT2D eigenvalue weighted by Gasteiger charge is 2.21. The van der Waals surface area contributed by atoms with Crippen molar-refractivity contribution in [2.75, 3.05) is 31.5 Å². The summed E-state index contributed by atoms with van der Waals surface area (Å²) in [5, 5.41) is 3.18. The van der Waals surface area contributed by atoms with E-state index in [1.165, 1.54) is 12.0 Å². The molecule has 0 radical (unpaired) electrons. The molecule has 1 saturated heterocycles. The van der Waals surface area contributed by atoms with Crippen LogP contribution in [0, 0.1) is 5.92 Å². The number of hydrogen-bond donors (Lipinski definition) is 2. The van der Waals surface area contributed by atoms with Gasteiger partial charge in [-0.3, -0.25) is 4.90 Å². The summed E-state index contributed by atoms with van der Waals surface area (Å²) in [6.45, 7) is 7.02. The molecule has 0 aromatic carbocycles. The molecule has 0 bridgehead atoms. The van der Waals surface area contributed by atoms with Crippen molar-refractivity contribution in [3.63, 3.8) is 0 Å². The average Bonchev–Trinajstić information content (AvgIpc) is 2.86. The van der Waals surface area contributed by atoms with E-state index in [0.717, 1.165) is 45.1 Å². The second kappa shape index (κ2) is 6.66. The number of hydrogen-bond acceptors (Lipinski definition) is 5. The molecular formula is C13H23N5. The Morgan fingerprint density at radius 3 is 2.83 bits per heavy atom. The van der Waals surface area contributed by atoms with Crippen molar-refractivity contribution < 1.29 is 0 Å². The summed E-state index contributed by atoms with van der Waals surface area (Å²) in [5.74, 6) is 1.39. The molecule has 0 aliphatic carbocycles. The monoisotopic (exact) mass is 249 g/mol. The van der Waals surface area contributed by atoms with E-state index in [1.807, 2.05) is 12.4 Å². The van der Waals surface area contributed by atoms with Crippen molar-refractivity contribution >= 4 is 5.95 Å². The largest absolute Gasteiger partial charge is 0.354 e. The van der Waals surface area contributed by atoms with Crippen molar-refractivity contribution in [3.05, 3.63) is 18.0 Å². The summed E-state index contributed by atoms with van der Waals surface area (Å²) in [6.07, 6.45) is 6.13. The summed E-state index contributed by atoms with van der Waals surface area (Å²) in [7, 11) is 0. The molecule has 0 spiro atoms. The Kier molecular flexibility index (Phi) is 4.90. The standard InChI is InChI=1S/C13H23N5/c1-2-4-15-13-16-7-12(8-17-13)10-18-5-3-11(6-14)9-18/h7-8,11H,2-6,9-10,14H2,1H3,(H,15,16,17)/t11-/m1/s1. The number of nitrogens with zero attached hydrogens (tertiary/aromatic N) is 3. The van der Waals surface area contributed by atoms with Crippen molar-refractivity contribution in [2.24, 2.45) is 11.7 Å². The molecule has 5 nitrogen and oxygen atoms in total. The molecule has 1 fully saturated rings. The highest BCUT2D eigenvalue weighted by Crippen LogP contribution is 2.17. The van der Waals surface area contributed by atoms with Crippen LogP contribution >= 0.6 is 0 Å². The van der Waals surface area contributed by atoms with Crippen molar-refractivity contribution in [3.8, 4) is 0 Å². The van der Waals surface area contributed by atoms with E-state index >= 15 is 0 Å². The van der Waals surface area contributed by atoms with Gasteiger partial charge in [-0.15, -0.1) is 0 Å². The molecule has 2 heterocycles. The Labute approximate surface area is 109 Å². The van der Waals surface area contributed by atoms with Gasteiger partial charge in [0.2, 0.25) is 5.95 Å². The molecule has 1 aromatic heterocycles. The average molecular weight is 249 g/mol. The van der Waals surface area contributed by atoms with E-state index < -0.39 is 0 Å². The highest BCUT2D eigenvalue weighted by atomic mass is 15.2. The van der Waals surface area contributed by atoms with Crippen LogP contribution in [0.5, 0.6) is 0 Å². The molecule has 0 unspecified atom stereocenters. The minimum atomic E-state index is 0.663. The van der Waals surface area contributed by atoms with Gasteiger partial charge in [0.25, 0.3) is 0 Å². The van der Waals surface area contributed by atoms with E-state index in [4.69, 9.17) is 5.73 Å². The van der Waals surface area contributed by atoms with E-state index in [9.17, 15) is 0 Å². The molecule has 1 aliphatic rings. The van der Waals surface area contributed by atoms with Gasteiger partial charge in [0, 0.05) is 37.6 Å². The lowest BCUT2D eigenvalue weighted by Crippen LogP contribution is -2.23. The molecule has 1 atom stereocenters. The molecule has 0 saturated carbocycles. The van der Waals surface area contributed by atoms with Crippen molar-refractivity contribution in [2.45, 2.75) is 26.3 Å². The van der Waals surface area contributed by atoms with Gasteiger partial charge in [-0.1, -0.05) is 6.92 Å². The van der Waals surface area contributed by atoms with Gasteiger partial charge in [-0.2, -0.15) is 0 Å². The molecule has 100 valence electrons. The highest BCUT2D eigenvalue weighted by molar-refractivity contribution is 5.24. The topological polar surface area (TPSA) is 67.1 Å². The van der Waals surface area contributed by atoms with Crippen molar-refractivity contribution in [1.29, 1.82) is 0 Å². The third-order valence-corrected chi connectivity index (χ3v) is 3.35. The zero-order valence-electron chi connectivity index (χ0n) is 11.1. The Hall–Kier alpha value is -1.20. The second-order valence-electron chi connectivity index (χ2n) is 4.97. The molecule has 18 heavy (non-hydrogen) atoms. The first-order chi connectivity index (χ1) is 8.81. The van der Waals surface area contributed by atoms with Gasteiger partial charge in [0.05, 0.1) is 0 Å². The third-order valence-electron chi connectivity index (χ3n) is 3.35. The fraction of sp³-hybridized carbons (Fsp3) is 0.692. The van der Waals surface area contributed by atoms with Crippen LogP contribution in [0.15, 0.2) is 12.4 Å². The second-order valence-corrected chi connectivity index (χ2v) is 4.97. The zero-order valence-corrected chi connectivity index (χ0v) is 11.1. The Bertz CT molecular complexity index is 351. The van der Waals surface area contributed by atoms with Crippen LogP contribution in [0.4, 0.5) is 5.95 Å². The Morgan fingerprint density at radius 2 is 2.22 bits per heavy atom. The molecule has 5 heteroatoms. The fourth-order valence-electron chi connectivity index (χ4n) is 2.27. The van der Waals surface area contributed by atoms with Gasteiger partial charge in [-0.25, -0.2) is 9.97 Å². The zero-order chi connectivity index (χ0) is 12.8. The predicted octanol–water partition coefficient (Wildman–Crippen LogP) is 1.08. The van der Waals surface area contributed by atoms with Crippen LogP contribution in [0.3, 0.4) is 0 Å². The van der Waals surface area contributed by atoms with Crippen LogP contribution in [-0.4, -0.2) is 41.0 Å². The minimum Gasteiger partial charge on any atom is -0.354 e. The van der Waals surface area contributed by atoms with E-state index in [2.05, 4.69) is 27.1 Å². The smallest absolute Gasteiger partial charge is 0.222 e. The number of nitrogens with one attached hydrogen (secondary N) is 1. The van der Waals surface area contributed by atoms with Crippen LogP contribution in [0.2, 0.25) is 0 Å². The maximum Gasteiger partial charge on any atom is 0.222 e. The molecule has 1 aromatic rings. The first-order valence-electron chi connectivity index (χ1n) is 6.79. The number of nitrogens with two attached hydrogens (primary N) is 1. The molecule has 3 N–H and O–H groups in total. The Balaban J connectivity index is 1.83. The van der Waals surface area contributed by atoms with Gasteiger partial charge < -0.3 is 11.1 Å². The lowest BCUT2D eigenvalue weighted by molar-refractivity contribution is 0.317. The number of anilines is 1. The fourth-order valence-corrected chi connectivity index (χ4v) is 2.27. The molecule has 2 rings (SSSR count). The third kappa shape index (κ3) is 3.65. The van der Waals surface area contributed by atoms with E-state index in [-0.39, 0.29) is 0 Å². The molecule has 0 amide bonds. The van der Waals surface area contributed by atoms with Gasteiger partial charge in [0.1, 0.15) is 0 Å². The maximum absolute atomic E-state index is 5.70. The quantitative estimate of drug-likeness (QED) is 0.789. The number of likely N-dealkylation sites (tertiary alicyclic amines) is 1. The van der Waals surface area contributed by atoms with Gasteiger partial charge in [-0.05, 0) is 31.8 Å². The van der Waals surface area contributed by atoms with Gasteiger partial charge in [0.15, 0.2) is 0 Å². The minimum absolute atomic E-state index is 0.663. The predicted molar refractivity (Wildman–Crippen MR) is 73.3 cm³/mol. The van der Waals surface area contributed by atoms with Crippen LogP contribution in [0.25, 0.3) is 0 Å². The summed E-state index contributed by atoms with van der Waals surface area (Å²) in [4.78, 5) is 11.1. The van der Waals surface area contributed by atoms with Gasteiger partial charge >= 0.3 is 0 Å². The Morgan fingerprint density at radius 1 is 1.44 bits per heavy atom. The lowest BCUT2D eigenvalue weighted by Gasteiger charge is -2.15. The maximum atomic E-state index is 5.70. The van der Waals surface area contributed by atoms with Crippen LogP contribution < -0.4 is 11.1 Å². The summed E-state index contributed by atoms with van der Waals surface area (Å²) in [5.41, 5.74) is 6.87. The normalized spacial score (nSPS) is 20.2. The summed E-state index contributed by atoms with van der Waals surface area (Å²) in [6, 6.07) is 0. The van der Waals surface area contributed by atoms with E-state index in [1.54, 1.807) is 0 Å². The number of rotatable bonds is 6. The lowest BCUT2D eigenvalue weighted by atomic mass is 10.1. The van der Waals surface area contributed by atoms with E-state index in [0.29, 0.717) is 5.92 Å². The molecular weight excluding hydrogens is 226 g/mol. The van der Waals surface area contributed by atoms with Crippen LogP contribution in [-0.2, 0) is 6.54 Å². The number of aromatic nitrogens is 2. The first-order valence-corrected chi connectivity index (χ1v) is 6.79. The SMILES string of the molecule is CCCNc1ncc(CN2CC[C@H](CN)C2)cn1. The van der Waals surface area contributed by atoms with Crippen LogP contribution in [0.1, 0.15) is 25.3 Å². The summed E-state index contributed by atoms with van der Waals surface area (Å²) < 4.78 is 0. The first kappa shape index (κ1) is 13.2. The molecule has 1 aliphatic heterocycles. The van der Waals surface area contributed by atoms with Crippen molar-refractivity contribution in [1.82, 2.24) is 14.9 Å².